The number of benzene rings is 2. The molecule has 0 spiro atoms. The quantitative estimate of drug-likeness (QED) is 0.192. The fourth-order valence-corrected chi connectivity index (χ4v) is 6.60. The Morgan fingerprint density at radius 1 is 1.04 bits per heavy atom. The van der Waals surface area contributed by atoms with Crippen molar-refractivity contribution >= 4 is 40.1 Å². The molecule has 7 rings (SSSR count). The second kappa shape index (κ2) is 12.1. The summed E-state index contributed by atoms with van der Waals surface area (Å²) < 4.78 is 7.44. The third-order valence-electron chi connectivity index (χ3n) is 8.22. The number of aromatic nitrogens is 4. The first-order valence-electron chi connectivity index (χ1n) is 14.8. The van der Waals surface area contributed by atoms with E-state index in [-0.39, 0.29) is 5.91 Å². The lowest BCUT2D eigenvalue weighted by molar-refractivity contribution is -0.115. The topological polar surface area (TPSA) is 96.7 Å². The summed E-state index contributed by atoms with van der Waals surface area (Å²) in [6, 6.07) is 24.5. The average molecular weight is 616 g/mol. The van der Waals surface area contributed by atoms with Gasteiger partial charge >= 0.3 is 0 Å². The van der Waals surface area contributed by atoms with Crippen LogP contribution in [0.4, 0.5) is 17.3 Å². The van der Waals surface area contributed by atoms with Crippen LogP contribution in [0.1, 0.15) is 16.0 Å². The third kappa shape index (κ3) is 5.90. The smallest absolute Gasteiger partial charge is 0.229 e. The van der Waals surface area contributed by atoms with E-state index in [4.69, 9.17) is 14.8 Å². The molecule has 2 N–H and O–H groups in total. The first-order chi connectivity index (χ1) is 21.9. The number of hydrogen-bond acceptors (Lipinski definition) is 8. The number of likely N-dealkylation sites (N-methyl/N-ethyl adjacent to an activating group) is 1. The minimum absolute atomic E-state index is 0.113. The largest absolute Gasteiger partial charge is 0.495 e. The summed E-state index contributed by atoms with van der Waals surface area (Å²) in [6.07, 6.45) is 6.07. The van der Waals surface area contributed by atoms with Gasteiger partial charge in [-0.05, 0) is 98.0 Å². The third-order valence-corrected chi connectivity index (χ3v) is 9.09. The van der Waals surface area contributed by atoms with Crippen LogP contribution < -0.4 is 15.4 Å². The second-order valence-electron chi connectivity index (χ2n) is 11.4. The Hall–Kier alpha value is -5.06. The van der Waals surface area contributed by atoms with Crippen LogP contribution in [0.2, 0.25) is 0 Å². The summed E-state index contributed by atoms with van der Waals surface area (Å²) >= 11 is 1.56. The Labute approximate surface area is 265 Å². The number of methoxy groups -OCH3 is 1. The van der Waals surface area contributed by atoms with E-state index in [0.717, 1.165) is 51.4 Å². The molecular formula is C35H33N7O2S. The number of carbonyl (C=O) groups excluding carboxylic acids is 1. The van der Waals surface area contributed by atoms with Gasteiger partial charge in [0.05, 0.1) is 36.0 Å². The van der Waals surface area contributed by atoms with Crippen LogP contribution in [0, 0.1) is 0 Å². The van der Waals surface area contributed by atoms with Gasteiger partial charge in [0.1, 0.15) is 11.4 Å². The van der Waals surface area contributed by atoms with E-state index >= 15 is 0 Å². The van der Waals surface area contributed by atoms with Crippen molar-refractivity contribution in [3.05, 3.63) is 107 Å². The predicted molar refractivity (Wildman–Crippen MR) is 179 cm³/mol. The number of thiophene rings is 1. The van der Waals surface area contributed by atoms with Crippen molar-refractivity contribution < 1.29 is 9.53 Å². The van der Waals surface area contributed by atoms with E-state index in [1.165, 1.54) is 11.1 Å². The predicted octanol–water partition coefficient (Wildman–Crippen LogP) is 6.48. The number of anilines is 3. The molecule has 45 heavy (non-hydrogen) atoms. The molecule has 4 heterocycles. The lowest BCUT2D eigenvalue weighted by Crippen LogP contribution is -2.27. The second-order valence-corrected chi connectivity index (χ2v) is 12.4. The molecule has 0 radical (unpaired) electrons. The molecule has 2 aromatic carbocycles. The number of amides is 1. The Morgan fingerprint density at radius 3 is 2.76 bits per heavy atom. The Balaban J connectivity index is 1.22. The van der Waals surface area contributed by atoms with Crippen molar-refractivity contribution in [2.24, 2.45) is 0 Å². The van der Waals surface area contributed by atoms with Gasteiger partial charge in [0.25, 0.3) is 0 Å². The Kier molecular flexibility index (Phi) is 7.74. The number of carbonyl (C=O) groups is 1. The van der Waals surface area contributed by atoms with Crippen molar-refractivity contribution in [1.82, 2.24) is 24.5 Å². The monoisotopic (exact) mass is 615 g/mol. The number of hydrogen-bond donors (Lipinski definition) is 2. The zero-order valence-corrected chi connectivity index (χ0v) is 26.1. The highest BCUT2D eigenvalue weighted by Crippen LogP contribution is 2.38. The van der Waals surface area contributed by atoms with E-state index < -0.39 is 0 Å². The number of pyridine rings is 1. The van der Waals surface area contributed by atoms with Crippen molar-refractivity contribution in [3.63, 3.8) is 0 Å². The van der Waals surface area contributed by atoms with Crippen LogP contribution in [0.25, 0.3) is 28.0 Å². The summed E-state index contributed by atoms with van der Waals surface area (Å²) in [7, 11) is 5.87. The molecule has 9 nitrogen and oxygen atoms in total. The number of rotatable bonds is 9. The highest BCUT2D eigenvalue weighted by molar-refractivity contribution is 7.10. The Morgan fingerprint density at radius 2 is 1.93 bits per heavy atom. The molecule has 0 fully saturated rings. The van der Waals surface area contributed by atoms with E-state index in [0.29, 0.717) is 29.8 Å². The van der Waals surface area contributed by atoms with Gasteiger partial charge in [-0.25, -0.2) is 14.5 Å². The highest BCUT2D eigenvalue weighted by atomic mass is 32.1. The molecule has 1 unspecified atom stereocenters. The fourth-order valence-electron chi connectivity index (χ4n) is 5.90. The van der Waals surface area contributed by atoms with Gasteiger partial charge in [0.15, 0.2) is 0 Å². The van der Waals surface area contributed by atoms with Gasteiger partial charge in [0, 0.05) is 34.6 Å². The van der Waals surface area contributed by atoms with Crippen molar-refractivity contribution in [3.8, 4) is 28.3 Å². The summed E-state index contributed by atoms with van der Waals surface area (Å²) in [5.74, 6) is 0.967. The molecule has 1 aliphatic carbocycles. The molecule has 6 aromatic rings. The van der Waals surface area contributed by atoms with Gasteiger partial charge in [-0.3, -0.25) is 4.79 Å². The van der Waals surface area contributed by atoms with Crippen LogP contribution >= 0.6 is 11.3 Å². The molecule has 0 aliphatic heterocycles. The van der Waals surface area contributed by atoms with Gasteiger partial charge in [-0.15, -0.1) is 11.3 Å². The first kappa shape index (κ1) is 28.7. The first-order valence-corrected chi connectivity index (χ1v) is 15.7. The molecule has 1 atom stereocenters. The van der Waals surface area contributed by atoms with Gasteiger partial charge < -0.3 is 20.3 Å². The van der Waals surface area contributed by atoms with E-state index in [1.54, 1.807) is 24.6 Å². The standard InChI is InChI=1S/C35H33N7O2S/c1-41(2)26-18-22-9-11-25(17-24(22)19-26)37-35-36-14-13-28(39-35)33-30-8-4-5-15-42(30)40-34(33)23-10-12-31(44-3)29(20-23)38-32(43)21-27-7-6-16-45-27/h4-17,20,26H,18-19,21H2,1-3H3,(H,38,43)(H,36,37,39). The zero-order valence-electron chi connectivity index (χ0n) is 25.3. The van der Waals surface area contributed by atoms with Gasteiger partial charge in [-0.1, -0.05) is 18.2 Å². The lowest BCUT2D eigenvalue weighted by atomic mass is 10.0. The zero-order chi connectivity index (χ0) is 30.9. The molecule has 4 aromatic heterocycles. The highest BCUT2D eigenvalue weighted by Gasteiger charge is 2.24. The van der Waals surface area contributed by atoms with Crippen LogP contribution in [0.5, 0.6) is 5.75 Å². The van der Waals surface area contributed by atoms with E-state index in [9.17, 15) is 4.79 Å². The maximum Gasteiger partial charge on any atom is 0.229 e. The van der Waals surface area contributed by atoms with Crippen LogP contribution in [0.15, 0.2) is 90.6 Å². The molecule has 0 saturated heterocycles. The average Bonchev–Trinajstić information content (AvgIpc) is 3.80. The molecule has 10 heteroatoms. The normalized spacial score (nSPS) is 14.1. The fraction of sp³-hybridized carbons (Fsp3) is 0.200. The summed E-state index contributed by atoms with van der Waals surface area (Å²) in [5.41, 5.74) is 8.35. The molecule has 0 saturated carbocycles. The molecule has 1 amide bonds. The van der Waals surface area contributed by atoms with Gasteiger partial charge in [-0.2, -0.15) is 5.10 Å². The van der Waals surface area contributed by atoms with Crippen LogP contribution in [0.3, 0.4) is 0 Å². The summed E-state index contributed by atoms with van der Waals surface area (Å²) in [6.45, 7) is 0. The minimum Gasteiger partial charge on any atom is -0.495 e. The number of fused-ring (bicyclic) bond motifs is 2. The number of nitrogens with zero attached hydrogens (tertiary/aromatic N) is 5. The van der Waals surface area contributed by atoms with Crippen LogP contribution in [-0.2, 0) is 24.1 Å². The summed E-state index contributed by atoms with van der Waals surface area (Å²) in [4.78, 5) is 25.7. The molecule has 0 bridgehead atoms. The minimum atomic E-state index is -0.113. The molecule has 1 aliphatic rings. The Bertz CT molecular complexity index is 2000. The van der Waals surface area contributed by atoms with Crippen LogP contribution in [-0.4, -0.2) is 57.6 Å². The van der Waals surface area contributed by atoms with E-state index in [1.807, 2.05) is 70.7 Å². The molecular weight excluding hydrogens is 582 g/mol. The maximum atomic E-state index is 12.9. The number of nitrogens with one attached hydrogen (secondary N) is 2. The SMILES string of the molecule is COc1ccc(-c2nn3ccccc3c2-c2ccnc(Nc3ccc4c(c3)CC(N(C)C)C4)n2)cc1NC(=O)Cc1cccs1. The van der Waals surface area contributed by atoms with E-state index in [2.05, 4.69) is 52.8 Å². The summed E-state index contributed by atoms with van der Waals surface area (Å²) in [5, 5.41) is 13.4. The number of ether oxygens (including phenoxy) is 1. The van der Waals surface area contributed by atoms with Gasteiger partial charge in [0.2, 0.25) is 11.9 Å². The van der Waals surface area contributed by atoms with Crippen molar-refractivity contribution in [2.75, 3.05) is 31.8 Å². The lowest BCUT2D eigenvalue weighted by Gasteiger charge is -2.17. The molecule has 226 valence electrons. The van der Waals surface area contributed by atoms with Crippen molar-refractivity contribution in [1.29, 1.82) is 0 Å². The maximum absolute atomic E-state index is 12.9. The van der Waals surface area contributed by atoms with Crippen molar-refractivity contribution in [2.45, 2.75) is 25.3 Å².